The molecule has 3 aromatic carbocycles. The van der Waals surface area contributed by atoms with E-state index >= 15 is 0 Å². The van der Waals surface area contributed by atoms with Crippen molar-refractivity contribution in [3.8, 4) is 0 Å². The van der Waals surface area contributed by atoms with Gasteiger partial charge in [0, 0.05) is 35.7 Å². The Balaban J connectivity index is 1.50. The lowest BCUT2D eigenvalue weighted by atomic mass is 10.2. The summed E-state index contributed by atoms with van der Waals surface area (Å²) in [5.41, 5.74) is 2.11. The van der Waals surface area contributed by atoms with Gasteiger partial charge in [-0.1, -0.05) is 41.9 Å². The van der Waals surface area contributed by atoms with E-state index < -0.39 is 10.0 Å². The van der Waals surface area contributed by atoms with Gasteiger partial charge in [0.1, 0.15) is 0 Å². The zero-order valence-electron chi connectivity index (χ0n) is 17.0. The second kappa shape index (κ2) is 10.7. The van der Waals surface area contributed by atoms with Crippen LogP contribution in [0.15, 0.2) is 83.8 Å². The monoisotopic (exact) mass is 474 g/mol. The number of carbonyl (C=O) groups is 1. The molecule has 0 saturated carbocycles. The summed E-state index contributed by atoms with van der Waals surface area (Å²) in [4.78, 5) is 12.6. The van der Waals surface area contributed by atoms with Crippen LogP contribution in [0.2, 0.25) is 5.02 Å². The highest BCUT2D eigenvalue weighted by Gasteiger charge is 2.21. The second-order valence-corrected chi connectivity index (χ2v) is 10.3. The molecule has 0 aliphatic rings. The van der Waals surface area contributed by atoms with Gasteiger partial charge in [-0.2, -0.15) is 11.8 Å². The molecule has 0 radical (unpaired) electrons. The van der Waals surface area contributed by atoms with Crippen molar-refractivity contribution in [3.05, 3.63) is 95.0 Å². The molecule has 0 bridgehead atoms. The molecule has 0 heterocycles. The minimum absolute atomic E-state index is 0.191. The van der Waals surface area contributed by atoms with Crippen LogP contribution in [0.3, 0.4) is 0 Å². The summed E-state index contributed by atoms with van der Waals surface area (Å²) in [5.74, 6) is 1.41. The Hall–Kier alpha value is -2.48. The molecular formula is C23H23ClN2O3S2. The standard InChI is InChI=1S/C23H23ClN2O3S2/c1-26(31(28,29)22-8-3-2-4-9-22)21-12-10-19(11-13-21)23(27)25-14-15-30-17-18-6-5-7-20(24)16-18/h2-13,16H,14-15,17H2,1H3,(H,25,27). The van der Waals surface area contributed by atoms with E-state index in [4.69, 9.17) is 11.6 Å². The van der Waals surface area contributed by atoms with Crippen molar-refractivity contribution in [2.75, 3.05) is 23.7 Å². The number of nitrogens with zero attached hydrogens (tertiary/aromatic N) is 1. The predicted molar refractivity (Wildman–Crippen MR) is 128 cm³/mol. The van der Waals surface area contributed by atoms with Crippen molar-refractivity contribution in [3.63, 3.8) is 0 Å². The topological polar surface area (TPSA) is 66.5 Å². The minimum Gasteiger partial charge on any atom is -0.351 e. The Bertz CT molecular complexity index is 1120. The van der Waals surface area contributed by atoms with Gasteiger partial charge >= 0.3 is 0 Å². The summed E-state index contributed by atoms with van der Waals surface area (Å²) in [5, 5.41) is 3.60. The largest absolute Gasteiger partial charge is 0.351 e. The third-order valence-electron chi connectivity index (χ3n) is 4.58. The van der Waals surface area contributed by atoms with Crippen LogP contribution in [0.5, 0.6) is 0 Å². The highest BCUT2D eigenvalue weighted by molar-refractivity contribution is 7.98. The molecule has 0 aliphatic heterocycles. The molecule has 1 N–H and O–H groups in total. The van der Waals surface area contributed by atoms with Crippen molar-refractivity contribution in [1.29, 1.82) is 0 Å². The van der Waals surface area contributed by atoms with Gasteiger partial charge in [0.15, 0.2) is 0 Å². The van der Waals surface area contributed by atoms with E-state index in [2.05, 4.69) is 5.32 Å². The molecule has 0 saturated heterocycles. The molecule has 0 unspecified atom stereocenters. The lowest BCUT2D eigenvalue weighted by molar-refractivity contribution is 0.0956. The molecule has 0 spiro atoms. The molecular weight excluding hydrogens is 452 g/mol. The summed E-state index contributed by atoms with van der Waals surface area (Å²) >= 11 is 7.69. The Labute approximate surface area is 192 Å². The van der Waals surface area contributed by atoms with Gasteiger partial charge in [0.25, 0.3) is 15.9 Å². The van der Waals surface area contributed by atoms with Crippen molar-refractivity contribution in [2.24, 2.45) is 0 Å². The average molecular weight is 475 g/mol. The molecule has 0 aromatic heterocycles. The summed E-state index contributed by atoms with van der Waals surface area (Å²) in [6, 6.07) is 22.5. The lowest BCUT2D eigenvalue weighted by Gasteiger charge is -2.19. The van der Waals surface area contributed by atoms with Crippen molar-refractivity contribution in [1.82, 2.24) is 5.32 Å². The first-order valence-corrected chi connectivity index (χ1v) is 12.6. The summed E-state index contributed by atoms with van der Waals surface area (Å²) in [7, 11) is -2.15. The van der Waals surface area contributed by atoms with Crippen molar-refractivity contribution < 1.29 is 13.2 Å². The maximum atomic E-state index is 12.7. The first kappa shape index (κ1) is 23.2. The Kier molecular flexibility index (Phi) is 8.01. The highest BCUT2D eigenvalue weighted by atomic mass is 35.5. The highest BCUT2D eigenvalue weighted by Crippen LogP contribution is 2.22. The molecule has 3 aromatic rings. The number of nitrogens with one attached hydrogen (secondary N) is 1. The first-order valence-electron chi connectivity index (χ1n) is 9.62. The SMILES string of the molecule is CN(c1ccc(C(=O)NCCSCc2cccc(Cl)c2)cc1)S(=O)(=O)c1ccccc1. The Morgan fingerprint density at radius 2 is 1.71 bits per heavy atom. The number of rotatable bonds is 9. The number of anilines is 1. The molecule has 0 fully saturated rings. The van der Waals surface area contributed by atoms with Crippen LogP contribution in [0, 0.1) is 0 Å². The van der Waals surface area contributed by atoms with E-state index in [9.17, 15) is 13.2 Å². The van der Waals surface area contributed by atoms with Gasteiger partial charge in [-0.15, -0.1) is 0 Å². The number of halogens is 1. The number of sulfonamides is 1. The number of hydrogen-bond donors (Lipinski definition) is 1. The van der Waals surface area contributed by atoms with Gasteiger partial charge in [0.05, 0.1) is 10.6 Å². The maximum absolute atomic E-state index is 12.7. The molecule has 1 amide bonds. The van der Waals surface area contributed by atoms with E-state index in [1.807, 2.05) is 24.3 Å². The van der Waals surface area contributed by atoms with Gasteiger partial charge in [0.2, 0.25) is 0 Å². The Morgan fingerprint density at radius 1 is 1.00 bits per heavy atom. The van der Waals surface area contributed by atoms with Crippen LogP contribution in [-0.2, 0) is 15.8 Å². The zero-order valence-corrected chi connectivity index (χ0v) is 19.4. The summed E-state index contributed by atoms with van der Waals surface area (Å²) < 4.78 is 26.6. The first-order chi connectivity index (χ1) is 14.9. The molecule has 8 heteroatoms. The van der Waals surface area contributed by atoms with Crippen LogP contribution >= 0.6 is 23.4 Å². The quantitative estimate of drug-likeness (QED) is 0.451. The lowest BCUT2D eigenvalue weighted by Crippen LogP contribution is -2.27. The average Bonchev–Trinajstić information content (AvgIpc) is 2.79. The van der Waals surface area contributed by atoms with Crippen LogP contribution in [0.1, 0.15) is 15.9 Å². The van der Waals surface area contributed by atoms with Crippen LogP contribution in [0.25, 0.3) is 0 Å². The van der Waals surface area contributed by atoms with Crippen LogP contribution in [0.4, 0.5) is 5.69 Å². The van der Waals surface area contributed by atoms with Crippen LogP contribution < -0.4 is 9.62 Å². The van der Waals surface area contributed by atoms with Crippen molar-refractivity contribution in [2.45, 2.75) is 10.6 Å². The fourth-order valence-electron chi connectivity index (χ4n) is 2.87. The predicted octanol–water partition coefficient (Wildman–Crippen LogP) is 4.83. The van der Waals surface area contributed by atoms with E-state index in [1.54, 1.807) is 66.4 Å². The van der Waals surface area contributed by atoms with E-state index in [1.165, 1.54) is 11.4 Å². The fourth-order valence-corrected chi connectivity index (χ4v) is 5.10. The number of benzene rings is 3. The molecule has 0 atom stereocenters. The number of thioether (sulfide) groups is 1. The van der Waals surface area contributed by atoms with Crippen molar-refractivity contribution >= 4 is 45.0 Å². The van der Waals surface area contributed by atoms with E-state index in [0.717, 1.165) is 22.1 Å². The molecule has 5 nitrogen and oxygen atoms in total. The number of carbonyl (C=O) groups excluding carboxylic acids is 1. The molecule has 0 aliphatic carbocycles. The van der Waals surface area contributed by atoms with Gasteiger partial charge in [-0.05, 0) is 54.1 Å². The summed E-state index contributed by atoms with van der Waals surface area (Å²) in [6.45, 7) is 0.536. The molecule has 162 valence electrons. The van der Waals surface area contributed by atoms with E-state index in [0.29, 0.717) is 17.8 Å². The summed E-state index contributed by atoms with van der Waals surface area (Å²) in [6.07, 6.45) is 0. The normalized spacial score (nSPS) is 11.2. The third kappa shape index (κ3) is 6.26. The number of amides is 1. The molecule has 3 rings (SSSR count). The van der Waals surface area contributed by atoms with Gasteiger partial charge < -0.3 is 5.32 Å². The number of hydrogen-bond acceptors (Lipinski definition) is 4. The minimum atomic E-state index is -3.65. The second-order valence-electron chi connectivity index (χ2n) is 6.77. The zero-order chi connectivity index (χ0) is 22.3. The smallest absolute Gasteiger partial charge is 0.264 e. The van der Waals surface area contributed by atoms with Gasteiger partial charge in [-0.3, -0.25) is 9.10 Å². The third-order valence-corrected chi connectivity index (χ3v) is 7.65. The van der Waals surface area contributed by atoms with Gasteiger partial charge in [-0.25, -0.2) is 8.42 Å². The van der Waals surface area contributed by atoms with Crippen LogP contribution in [-0.4, -0.2) is 33.7 Å². The maximum Gasteiger partial charge on any atom is 0.264 e. The van der Waals surface area contributed by atoms with E-state index in [-0.39, 0.29) is 10.8 Å². The fraction of sp³-hybridized carbons (Fsp3) is 0.174. The Morgan fingerprint density at radius 3 is 2.39 bits per heavy atom. The molecule has 31 heavy (non-hydrogen) atoms.